The molecule has 0 bridgehead atoms. The molecule has 0 fully saturated rings. The van der Waals surface area contributed by atoms with E-state index >= 15 is 0 Å². The van der Waals surface area contributed by atoms with E-state index in [4.69, 9.17) is 8.83 Å². The van der Waals surface area contributed by atoms with Crippen molar-refractivity contribution in [3.05, 3.63) is 62.8 Å². The van der Waals surface area contributed by atoms with Gasteiger partial charge in [-0.3, -0.25) is 20.2 Å². The minimum Gasteiger partial charge on any atom is -0.444 e. The summed E-state index contributed by atoms with van der Waals surface area (Å²) in [6, 6.07) is 9.08. The van der Waals surface area contributed by atoms with Crippen LogP contribution >= 0.6 is 15.9 Å². The van der Waals surface area contributed by atoms with Crippen LogP contribution in [-0.4, -0.2) is 21.0 Å². The number of nitro groups is 1. The molecule has 0 saturated carbocycles. The number of anilines is 1. The Morgan fingerprint density at radius 3 is 2.80 bits per heavy atom. The molecule has 1 aromatic carbocycles. The van der Waals surface area contributed by atoms with Crippen LogP contribution in [0.5, 0.6) is 0 Å². The SMILES string of the molecule is O=C(/C=C/c1cccc([N+](=O)[O-])c1)Nc1nnc(-c2ccc(Br)o2)o1. The quantitative estimate of drug-likeness (QED) is 0.390. The molecule has 2 aromatic heterocycles. The Bertz CT molecular complexity index is 962. The second kappa shape index (κ2) is 7.09. The van der Waals surface area contributed by atoms with Crippen molar-refractivity contribution in [2.24, 2.45) is 0 Å². The zero-order valence-electron chi connectivity index (χ0n) is 12.4. The van der Waals surface area contributed by atoms with Gasteiger partial charge in [-0.1, -0.05) is 17.2 Å². The van der Waals surface area contributed by atoms with Gasteiger partial charge in [-0.25, -0.2) is 0 Å². The highest BCUT2D eigenvalue weighted by Crippen LogP contribution is 2.24. The molecule has 0 radical (unpaired) electrons. The number of furan rings is 1. The summed E-state index contributed by atoms with van der Waals surface area (Å²) in [6.07, 6.45) is 2.63. The number of benzene rings is 1. The highest BCUT2D eigenvalue weighted by atomic mass is 79.9. The van der Waals surface area contributed by atoms with Crippen molar-refractivity contribution in [2.45, 2.75) is 0 Å². The van der Waals surface area contributed by atoms with E-state index in [0.717, 1.165) is 0 Å². The average molecular weight is 405 g/mol. The molecule has 0 aliphatic rings. The summed E-state index contributed by atoms with van der Waals surface area (Å²) in [5.41, 5.74) is 0.449. The molecule has 3 aromatic rings. The standard InChI is InChI=1S/C15H9BrN4O5/c16-12-6-5-11(24-12)14-18-19-15(25-14)17-13(21)7-4-9-2-1-3-10(8-9)20(22)23/h1-8H,(H,17,19,21)/b7-4+. The van der Waals surface area contributed by atoms with Gasteiger partial charge in [0.05, 0.1) is 4.92 Å². The first kappa shape index (κ1) is 16.6. The number of hydrogen-bond donors (Lipinski definition) is 1. The van der Waals surface area contributed by atoms with E-state index in [9.17, 15) is 14.9 Å². The van der Waals surface area contributed by atoms with Gasteiger partial charge in [0.1, 0.15) is 0 Å². The van der Waals surface area contributed by atoms with Crippen LogP contribution in [-0.2, 0) is 4.79 Å². The summed E-state index contributed by atoms with van der Waals surface area (Å²) < 4.78 is 11.0. The molecule has 126 valence electrons. The zero-order chi connectivity index (χ0) is 17.8. The van der Waals surface area contributed by atoms with Crippen molar-refractivity contribution in [1.82, 2.24) is 10.2 Å². The number of aromatic nitrogens is 2. The largest absolute Gasteiger partial charge is 0.444 e. The first-order chi connectivity index (χ1) is 12.0. The number of carbonyl (C=O) groups is 1. The molecule has 9 nitrogen and oxygen atoms in total. The van der Waals surface area contributed by atoms with Crippen LogP contribution in [0.3, 0.4) is 0 Å². The van der Waals surface area contributed by atoms with E-state index < -0.39 is 10.8 Å². The molecule has 25 heavy (non-hydrogen) atoms. The van der Waals surface area contributed by atoms with Crippen molar-refractivity contribution in [2.75, 3.05) is 5.32 Å². The molecular formula is C15H9BrN4O5. The molecule has 3 rings (SSSR count). The Balaban J connectivity index is 1.66. The number of nitrogens with one attached hydrogen (secondary N) is 1. The molecule has 0 spiro atoms. The van der Waals surface area contributed by atoms with Crippen LogP contribution in [0.4, 0.5) is 11.7 Å². The van der Waals surface area contributed by atoms with Crippen LogP contribution < -0.4 is 5.32 Å². The van der Waals surface area contributed by atoms with Gasteiger partial charge in [0.15, 0.2) is 10.4 Å². The lowest BCUT2D eigenvalue weighted by molar-refractivity contribution is -0.384. The monoisotopic (exact) mass is 404 g/mol. The summed E-state index contributed by atoms with van der Waals surface area (Å²) in [7, 11) is 0. The third-order valence-corrected chi connectivity index (χ3v) is 3.37. The fourth-order valence-corrected chi connectivity index (χ4v) is 2.17. The van der Waals surface area contributed by atoms with E-state index in [-0.39, 0.29) is 17.6 Å². The molecular weight excluding hydrogens is 396 g/mol. The van der Waals surface area contributed by atoms with Crippen molar-refractivity contribution >= 4 is 39.6 Å². The third-order valence-electron chi connectivity index (χ3n) is 2.95. The third kappa shape index (κ3) is 4.18. The number of nitro benzene ring substituents is 1. The number of amides is 1. The molecule has 1 N–H and O–H groups in total. The summed E-state index contributed by atoms with van der Waals surface area (Å²) in [5, 5.41) is 20.6. The van der Waals surface area contributed by atoms with Gasteiger partial charge >= 0.3 is 6.01 Å². The normalized spacial score (nSPS) is 10.9. The second-order valence-electron chi connectivity index (χ2n) is 4.69. The summed E-state index contributed by atoms with van der Waals surface area (Å²) in [4.78, 5) is 22.1. The summed E-state index contributed by atoms with van der Waals surface area (Å²) in [5.74, 6) is -0.0574. The Labute approximate surface area is 148 Å². The fraction of sp³-hybridized carbons (Fsp3) is 0. The molecule has 1 amide bonds. The number of non-ortho nitro benzene ring substituents is 1. The van der Waals surface area contributed by atoms with Crippen molar-refractivity contribution in [3.63, 3.8) is 0 Å². The summed E-state index contributed by atoms with van der Waals surface area (Å²) >= 11 is 3.16. The minimum atomic E-state index is -0.526. The predicted octanol–water partition coefficient (Wildman–Crippen LogP) is 3.65. The van der Waals surface area contributed by atoms with Gasteiger partial charge in [-0.05, 0) is 39.7 Å². The minimum absolute atomic E-state index is 0.0614. The molecule has 0 atom stereocenters. The Kier molecular flexibility index (Phi) is 4.70. The molecule has 10 heteroatoms. The van der Waals surface area contributed by atoms with Crippen LogP contribution in [0.15, 0.2) is 56.0 Å². The van der Waals surface area contributed by atoms with Crippen molar-refractivity contribution in [3.8, 4) is 11.7 Å². The van der Waals surface area contributed by atoms with Crippen LogP contribution in [0, 0.1) is 10.1 Å². The maximum Gasteiger partial charge on any atom is 0.322 e. The number of nitrogens with zero attached hydrogens (tertiary/aromatic N) is 3. The van der Waals surface area contributed by atoms with Gasteiger partial charge in [0.25, 0.3) is 17.5 Å². The fourth-order valence-electron chi connectivity index (χ4n) is 1.86. The molecule has 0 aliphatic heterocycles. The van der Waals surface area contributed by atoms with Gasteiger partial charge in [0.2, 0.25) is 0 Å². The van der Waals surface area contributed by atoms with Gasteiger partial charge in [0, 0.05) is 18.2 Å². The van der Waals surface area contributed by atoms with Crippen LogP contribution in [0.25, 0.3) is 17.7 Å². The van der Waals surface area contributed by atoms with Crippen LogP contribution in [0.2, 0.25) is 0 Å². The molecule has 0 unspecified atom stereocenters. The van der Waals surface area contributed by atoms with Gasteiger partial charge in [-0.2, -0.15) is 0 Å². The highest BCUT2D eigenvalue weighted by molar-refractivity contribution is 9.10. The lowest BCUT2D eigenvalue weighted by Gasteiger charge is -1.95. The number of rotatable bonds is 5. The first-order valence-electron chi connectivity index (χ1n) is 6.84. The van der Waals surface area contributed by atoms with Gasteiger partial charge in [-0.15, -0.1) is 5.10 Å². The Morgan fingerprint density at radius 1 is 1.24 bits per heavy atom. The number of carbonyl (C=O) groups excluding carboxylic acids is 1. The number of halogens is 1. The molecule has 0 saturated heterocycles. The maximum absolute atomic E-state index is 11.9. The average Bonchev–Trinajstić information content (AvgIpc) is 3.22. The van der Waals surface area contributed by atoms with Gasteiger partial charge < -0.3 is 8.83 Å². The van der Waals surface area contributed by atoms with E-state index in [2.05, 4.69) is 31.4 Å². The van der Waals surface area contributed by atoms with E-state index in [0.29, 0.717) is 16.0 Å². The lowest BCUT2D eigenvalue weighted by Crippen LogP contribution is -2.07. The maximum atomic E-state index is 11.9. The number of hydrogen-bond acceptors (Lipinski definition) is 7. The topological polar surface area (TPSA) is 124 Å². The van der Waals surface area contributed by atoms with E-state index in [1.54, 1.807) is 18.2 Å². The predicted molar refractivity (Wildman–Crippen MR) is 90.5 cm³/mol. The second-order valence-corrected chi connectivity index (χ2v) is 5.47. The van der Waals surface area contributed by atoms with Crippen molar-refractivity contribution < 1.29 is 18.6 Å². The smallest absolute Gasteiger partial charge is 0.322 e. The first-order valence-corrected chi connectivity index (χ1v) is 7.63. The Morgan fingerprint density at radius 2 is 2.08 bits per heavy atom. The molecule has 2 heterocycles. The molecule has 0 aliphatic carbocycles. The Hall–Kier alpha value is -3.27. The lowest BCUT2D eigenvalue weighted by atomic mass is 10.2. The van der Waals surface area contributed by atoms with Crippen LogP contribution in [0.1, 0.15) is 5.56 Å². The van der Waals surface area contributed by atoms with Crippen molar-refractivity contribution in [1.29, 1.82) is 0 Å². The zero-order valence-corrected chi connectivity index (χ0v) is 14.0. The van der Waals surface area contributed by atoms with E-state index in [1.165, 1.54) is 30.4 Å². The highest BCUT2D eigenvalue weighted by Gasteiger charge is 2.13. The summed E-state index contributed by atoms with van der Waals surface area (Å²) in [6.45, 7) is 0. The van der Waals surface area contributed by atoms with E-state index in [1.807, 2.05) is 0 Å².